The van der Waals surface area contributed by atoms with E-state index in [1.54, 1.807) is 24.3 Å². The Kier molecular flexibility index (Phi) is 5.59. The molecule has 1 fully saturated rings. The lowest BCUT2D eigenvalue weighted by Gasteiger charge is -2.38. The van der Waals surface area contributed by atoms with E-state index in [1.807, 2.05) is 0 Å². The molecule has 4 N–H and O–H groups in total. The number of amides is 1. The van der Waals surface area contributed by atoms with Crippen LogP contribution in [0, 0.1) is 22.7 Å². The van der Waals surface area contributed by atoms with Crippen LogP contribution in [-0.4, -0.2) is 22.5 Å². The number of allylic oxidation sites excluding steroid dienone is 1. The number of hydrogen-bond donors (Lipinski definition) is 2. The summed E-state index contributed by atoms with van der Waals surface area (Å²) in [7, 11) is 0. The average Bonchev–Trinajstić information content (AvgIpc) is 3.09. The molecule has 1 aliphatic heterocycles. The lowest BCUT2D eigenvalue weighted by atomic mass is 9.67. The number of benzene rings is 1. The number of rotatable bonds is 4. The number of Topliss-reactive ketones (excluding diaryl/α,β-unsaturated/α-hetero) is 1. The standard InChI is InChI=1S/C19H19ClN4O2S/c20-12-5-3-11(4-6-12)14(25)10-27-18-15(17(23)26)19(7-1-2-8-19)13(9-21)16(22)24-18/h3-6,15H,1-2,7-8,10,22H2,(H2,23,26). The van der Waals surface area contributed by atoms with Gasteiger partial charge in [-0.3, -0.25) is 9.59 Å². The highest BCUT2D eigenvalue weighted by molar-refractivity contribution is 8.14. The van der Waals surface area contributed by atoms with E-state index in [0.29, 0.717) is 34.0 Å². The summed E-state index contributed by atoms with van der Waals surface area (Å²) in [6.07, 6.45) is 3.11. The van der Waals surface area contributed by atoms with Crippen LogP contribution in [0.2, 0.25) is 5.02 Å². The molecule has 8 heteroatoms. The summed E-state index contributed by atoms with van der Waals surface area (Å²) in [4.78, 5) is 29.0. The van der Waals surface area contributed by atoms with Crippen LogP contribution in [-0.2, 0) is 4.79 Å². The van der Waals surface area contributed by atoms with E-state index in [0.717, 1.165) is 24.6 Å². The predicted molar refractivity (Wildman–Crippen MR) is 106 cm³/mol. The first kappa shape index (κ1) is 19.5. The first-order valence-corrected chi connectivity index (χ1v) is 9.95. The Hall–Kier alpha value is -2.30. The topological polar surface area (TPSA) is 122 Å². The number of thioether (sulfide) groups is 1. The second kappa shape index (κ2) is 7.75. The van der Waals surface area contributed by atoms with Crippen LogP contribution in [0.3, 0.4) is 0 Å². The molecule has 1 saturated carbocycles. The number of aliphatic imine (C=N–C) groups is 1. The highest BCUT2D eigenvalue weighted by Crippen LogP contribution is 2.53. The van der Waals surface area contributed by atoms with Crippen molar-refractivity contribution in [3.05, 3.63) is 46.2 Å². The molecule has 27 heavy (non-hydrogen) atoms. The summed E-state index contributed by atoms with van der Waals surface area (Å²) in [6.45, 7) is 0. The molecule has 0 bridgehead atoms. The number of halogens is 1. The maximum Gasteiger partial charge on any atom is 0.228 e. The summed E-state index contributed by atoms with van der Waals surface area (Å²) >= 11 is 7.01. The van der Waals surface area contributed by atoms with Gasteiger partial charge in [-0.2, -0.15) is 5.26 Å². The third kappa shape index (κ3) is 3.60. The van der Waals surface area contributed by atoms with Crippen LogP contribution in [0.25, 0.3) is 0 Å². The quantitative estimate of drug-likeness (QED) is 0.749. The molecule has 3 rings (SSSR count). The number of nitrogens with zero attached hydrogens (tertiary/aromatic N) is 2. The SMILES string of the molecule is N#CC1=C(N)N=C(SCC(=O)c2ccc(Cl)cc2)C(C(N)=O)C12CCCC2. The number of ketones is 1. The zero-order valence-corrected chi connectivity index (χ0v) is 16.1. The maximum absolute atomic E-state index is 12.5. The maximum atomic E-state index is 12.5. The molecular formula is C19H19ClN4O2S. The minimum Gasteiger partial charge on any atom is -0.383 e. The largest absolute Gasteiger partial charge is 0.383 e. The Morgan fingerprint density at radius 2 is 1.93 bits per heavy atom. The fourth-order valence-corrected chi connectivity index (χ4v) is 5.20. The van der Waals surface area contributed by atoms with E-state index < -0.39 is 17.2 Å². The van der Waals surface area contributed by atoms with Crippen molar-refractivity contribution >= 4 is 40.1 Å². The minimum atomic E-state index is -0.732. The number of hydrogen-bond acceptors (Lipinski definition) is 6. The van der Waals surface area contributed by atoms with Crippen molar-refractivity contribution in [1.29, 1.82) is 5.26 Å². The van der Waals surface area contributed by atoms with E-state index in [2.05, 4.69) is 11.1 Å². The van der Waals surface area contributed by atoms with Crippen LogP contribution in [0.4, 0.5) is 0 Å². The van der Waals surface area contributed by atoms with Gasteiger partial charge in [-0.1, -0.05) is 24.4 Å². The molecule has 2 aliphatic rings. The zero-order valence-electron chi connectivity index (χ0n) is 14.6. The summed E-state index contributed by atoms with van der Waals surface area (Å²) in [5.74, 6) is -1.17. The van der Waals surface area contributed by atoms with Gasteiger partial charge in [0.05, 0.1) is 28.4 Å². The molecule has 1 aliphatic carbocycles. The molecule has 1 aromatic rings. The third-order valence-corrected chi connectivity index (χ3v) is 6.47. The number of nitrogens with two attached hydrogens (primary N) is 2. The molecule has 1 spiro atoms. The molecule has 1 amide bonds. The monoisotopic (exact) mass is 402 g/mol. The Morgan fingerprint density at radius 1 is 1.30 bits per heavy atom. The Bertz CT molecular complexity index is 880. The first-order valence-electron chi connectivity index (χ1n) is 8.59. The van der Waals surface area contributed by atoms with Gasteiger partial charge in [-0.15, -0.1) is 11.8 Å². The van der Waals surface area contributed by atoms with Crippen LogP contribution >= 0.6 is 23.4 Å². The third-order valence-electron chi connectivity index (χ3n) is 5.19. The smallest absolute Gasteiger partial charge is 0.228 e. The molecule has 140 valence electrons. The van der Waals surface area contributed by atoms with E-state index in [9.17, 15) is 14.9 Å². The molecule has 0 saturated heterocycles. The van der Waals surface area contributed by atoms with Crippen LogP contribution < -0.4 is 11.5 Å². The van der Waals surface area contributed by atoms with E-state index >= 15 is 0 Å². The predicted octanol–water partition coefficient (Wildman–Crippen LogP) is 3.02. The van der Waals surface area contributed by atoms with Crippen molar-refractivity contribution < 1.29 is 9.59 Å². The normalized spacial score (nSPS) is 21.0. The molecular weight excluding hydrogens is 384 g/mol. The summed E-state index contributed by atoms with van der Waals surface area (Å²) < 4.78 is 0. The average molecular weight is 403 g/mol. The van der Waals surface area contributed by atoms with Gasteiger partial charge >= 0.3 is 0 Å². The van der Waals surface area contributed by atoms with Gasteiger partial charge < -0.3 is 11.5 Å². The van der Waals surface area contributed by atoms with Crippen molar-refractivity contribution in [3.63, 3.8) is 0 Å². The van der Waals surface area contributed by atoms with Crippen LogP contribution in [0.5, 0.6) is 0 Å². The molecule has 1 unspecified atom stereocenters. The second-order valence-electron chi connectivity index (χ2n) is 6.74. The van der Waals surface area contributed by atoms with Gasteiger partial charge in [0.2, 0.25) is 5.91 Å². The molecule has 0 radical (unpaired) electrons. The van der Waals surface area contributed by atoms with Gasteiger partial charge in [-0.25, -0.2) is 4.99 Å². The van der Waals surface area contributed by atoms with Crippen molar-refractivity contribution in [3.8, 4) is 6.07 Å². The number of carbonyl (C=O) groups excluding carboxylic acids is 2. The van der Waals surface area contributed by atoms with Crippen molar-refractivity contribution in [2.75, 3.05) is 5.75 Å². The van der Waals surface area contributed by atoms with Crippen LogP contribution in [0.15, 0.2) is 40.7 Å². The van der Waals surface area contributed by atoms with Crippen LogP contribution in [0.1, 0.15) is 36.0 Å². The Balaban J connectivity index is 1.88. The molecule has 1 atom stereocenters. The van der Waals surface area contributed by atoms with E-state index in [4.69, 9.17) is 23.1 Å². The summed E-state index contributed by atoms with van der Waals surface area (Å²) in [5, 5.41) is 10.6. The van der Waals surface area contributed by atoms with Gasteiger partial charge in [0.15, 0.2) is 5.78 Å². The highest BCUT2D eigenvalue weighted by Gasteiger charge is 2.52. The zero-order chi connectivity index (χ0) is 19.6. The summed E-state index contributed by atoms with van der Waals surface area (Å²) in [5.41, 5.74) is 11.9. The number of primary amides is 1. The Labute approximate surface area is 166 Å². The number of nitriles is 1. The lowest BCUT2D eigenvalue weighted by Crippen LogP contribution is -2.46. The molecule has 1 aromatic carbocycles. The molecule has 6 nitrogen and oxygen atoms in total. The molecule has 1 heterocycles. The highest BCUT2D eigenvalue weighted by atomic mass is 35.5. The van der Waals surface area contributed by atoms with E-state index in [1.165, 1.54) is 0 Å². The first-order chi connectivity index (χ1) is 12.9. The fraction of sp³-hybridized carbons (Fsp3) is 0.368. The van der Waals surface area contributed by atoms with Crippen molar-refractivity contribution in [1.82, 2.24) is 0 Å². The van der Waals surface area contributed by atoms with E-state index in [-0.39, 0.29) is 17.4 Å². The second-order valence-corrected chi connectivity index (χ2v) is 8.17. The van der Waals surface area contributed by atoms with Gasteiger partial charge in [0.1, 0.15) is 5.82 Å². The van der Waals surface area contributed by atoms with Gasteiger partial charge in [-0.05, 0) is 37.1 Å². The van der Waals surface area contributed by atoms with Gasteiger partial charge in [0.25, 0.3) is 0 Å². The Morgan fingerprint density at radius 3 is 2.48 bits per heavy atom. The molecule has 0 aromatic heterocycles. The minimum absolute atomic E-state index is 0.0928. The fourth-order valence-electron chi connectivity index (χ4n) is 3.96. The van der Waals surface area contributed by atoms with Crippen molar-refractivity contribution in [2.24, 2.45) is 27.8 Å². The number of carbonyl (C=O) groups is 2. The van der Waals surface area contributed by atoms with Gasteiger partial charge in [0, 0.05) is 16.0 Å². The lowest BCUT2D eigenvalue weighted by molar-refractivity contribution is -0.122. The summed E-state index contributed by atoms with van der Waals surface area (Å²) in [6, 6.07) is 8.74. The van der Waals surface area contributed by atoms with Crippen molar-refractivity contribution in [2.45, 2.75) is 25.7 Å².